The summed E-state index contributed by atoms with van der Waals surface area (Å²) in [7, 11) is 0. The summed E-state index contributed by atoms with van der Waals surface area (Å²) in [5.41, 5.74) is 1.99. The minimum atomic E-state index is 0.257. The van der Waals surface area contributed by atoms with Crippen molar-refractivity contribution < 1.29 is 9.47 Å². The van der Waals surface area contributed by atoms with Crippen LogP contribution in [0.2, 0.25) is 0 Å². The standard InChI is InChI=1S/C18H26N4O2/c1-12-9-19-17-16(12)18(21-11-20-17)24-15-5-3-14(4-6-15)22-7-8-23-13(2)10-22/h9,11,13-15H,3-8,10H2,1-2H3,(H,19,20,21)/t13-,14?,15?/m1/s1. The van der Waals surface area contributed by atoms with E-state index in [9.17, 15) is 0 Å². The number of aromatic nitrogens is 3. The monoisotopic (exact) mass is 330 g/mol. The molecule has 2 aromatic heterocycles. The lowest BCUT2D eigenvalue weighted by Gasteiger charge is -2.40. The fraction of sp³-hybridized carbons (Fsp3) is 0.667. The smallest absolute Gasteiger partial charge is 0.226 e. The van der Waals surface area contributed by atoms with E-state index in [0.717, 1.165) is 55.0 Å². The fourth-order valence-electron chi connectivity index (χ4n) is 4.04. The maximum absolute atomic E-state index is 6.25. The maximum Gasteiger partial charge on any atom is 0.226 e. The van der Waals surface area contributed by atoms with Crippen LogP contribution in [0.4, 0.5) is 0 Å². The molecule has 6 nitrogen and oxygen atoms in total. The zero-order valence-corrected chi connectivity index (χ0v) is 14.5. The summed E-state index contributed by atoms with van der Waals surface area (Å²) in [4.78, 5) is 14.4. The van der Waals surface area contributed by atoms with Crippen LogP contribution in [-0.4, -0.2) is 57.8 Å². The van der Waals surface area contributed by atoms with Crippen molar-refractivity contribution in [1.82, 2.24) is 19.9 Å². The van der Waals surface area contributed by atoms with Crippen LogP contribution >= 0.6 is 0 Å². The number of morpholine rings is 1. The minimum Gasteiger partial charge on any atom is -0.474 e. The van der Waals surface area contributed by atoms with Crippen molar-refractivity contribution in [2.45, 2.75) is 57.8 Å². The maximum atomic E-state index is 6.25. The van der Waals surface area contributed by atoms with Crippen LogP contribution in [0, 0.1) is 6.92 Å². The number of nitrogens with zero attached hydrogens (tertiary/aromatic N) is 3. The van der Waals surface area contributed by atoms with Crippen LogP contribution in [0.25, 0.3) is 11.0 Å². The van der Waals surface area contributed by atoms with E-state index >= 15 is 0 Å². The van der Waals surface area contributed by atoms with Gasteiger partial charge >= 0.3 is 0 Å². The molecule has 1 aliphatic heterocycles. The summed E-state index contributed by atoms with van der Waals surface area (Å²) in [5, 5.41) is 1.02. The second-order valence-corrected chi connectivity index (χ2v) is 7.10. The van der Waals surface area contributed by atoms with Gasteiger partial charge in [-0.05, 0) is 45.1 Å². The molecule has 0 bridgehead atoms. The molecule has 2 aliphatic rings. The highest BCUT2D eigenvalue weighted by Crippen LogP contribution is 2.30. The van der Waals surface area contributed by atoms with Crippen molar-refractivity contribution in [3.05, 3.63) is 18.1 Å². The quantitative estimate of drug-likeness (QED) is 0.937. The number of fused-ring (bicyclic) bond motifs is 1. The van der Waals surface area contributed by atoms with Gasteiger partial charge in [-0.1, -0.05) is 0 Å². The molecule has 1 aliphatic carbocycles. The summed E-state index contributed by atoms with van der Waals surface area (Å²) in [5.74, 6) is 0.724. The molecule has 0 amide bonds. The highest BCUT2D eigenvalue weighted by molar-refractivity contribution is 5.84. The van der Waals surface area contributed by atoms with Crippen molar-refractivity contribution in [3.8, 4) is 5.88 Å². The van der Waals surface area contributed by atoms with Gasteiger partial charge in [0.15, 0.2) is 0 Å². The van der Waals surface area contributed by atoms with E-state index in [2.05, 4.69) is 33.7 Å². The van der Waals surface area contributed by atoms with Gasteiger partial charge in [-0.25, -0.2) is 9.97 Å². The number of aromatic amines is 1. The van der Waals surface area contributed by atoms with Crippen molar-refractivity contribution in [2.75, 3.05) is 19.7 Å². The third kappa shape index (κ3) is 3.13. The Morgan fingerprint density at radius 3 is 2.88 bits per heavy atom. The molecule has 0 aromatic carbocycles. The van der Waals surface area contributed by atoms with Crippen LogP contribution in [0.3, 0.4) is 0 Å². The van der Waals surface area contributed by atoms with Crippen LogP contribution < -0.4 is 4.74 Å². The van der Waals surface area contributed by atoms with Crippen LogP contribution in [0.1, 0.15) is 38.2 Å². The average molecular weight is 330 g/mol. The van der Waals surface area contributed by atoms with Gasteiger partial charge in [0, 0.05) is 25.3 Å². The predicted octanol–water partition coefficient (Wildman–Crippen LogP) is 2.68. The molecule has 6 heteroatoms. The van der Waals surface area contributed by atoms with Gasteiger partial charge in [0.1, 0.15) is 18.1 Å². The topological polar surface area (TPSA) is 63.3 Å². The van der Waals surface area contributed by atoms with E-state index < -0.39 is 0 Å². The molecule has 0 spiro atoms. The Hall–Kier alpha value is -1.66. The largest absolute Gasteiger partial charge is 0.474 e. The fourth-order valence-corrected chi connectivity index (χ4v) is 4.04. The second kappa shape index (κ2) is 6.69. The SMILES string of the molecule is Cc1c[nH]c2ncnc(OC3CCC(N4CCO[C@H](C)C4)CC3)c12. The second-order valence-electron chi connectivity index (χ2n) is 7.10. The average Bonchev–Trinajstić information content (AvgIpc) is 2.98. The Balaban J connectivity index is 1.38. The number of H-pyrrole nitrogens is 1. The molecule has 1 saturated carbocycles. The molecular formula is C18H26N4O2. The van der Waals surface area contributed by atoms with E-state index in [1.165, 1.54) is 12.8 Å². The number of rotatable bonds is 3. The first kappa shape index (κ1) is 15.8. The van der Waals surface area contributed by atoms with Gasteiger partial charge in [0.25, 0.3) is 0 Å². The molecule has 1 saturated heterocycles. The number of hydrogen-bond donors (Lipinski definition) is 1. The van der Waals surface area contributed by atoms with Crippen LogP contribution in [-0.2, 0) is 4.74 Å². The summed E-state index contributed by atoms with van der Waals surface area (Å²) >= 11 is 0. The van der Waals surface area contributed by atoms with Gasteiger partial charge in [-0.2, -0.15) is 0 Å². The molecule has 0 unspecified atom stereocenters. The summed E-state index contributed by atoms with van der Waals surface area (Å²) in [6.07, 6.45) is 8.72. The molecule has 4 rings (SSSR count). The lowest BCUT2D eigenvalue weighted by molar-refractivity contribution is -0.0442. The normalized spacial score (nSPS) is 29.0. The van der Waals surface area contributed by atoms with E-state index in [1.807, 2.05) is 6.20 Å². The molecule has 1 atom stereocenters. The highest BCUT2D eigenvalue weighted by Gasteiger charge is 2.30. The van der Waals surface area contributed by atoms with E-state index in [1.54, 1.807) is 6.33 Å². The van der Waals surface area contributed by atoms with Gasteiger partial charge in [0.05, 0.1) is 18.1 Å². The third-order valence-corrected chi connectivity index (χ3v) is 5.34. The van der Waals surface area contributed by atoms with Crippen LogP contribution in [0.15, 0.2) is 12.5 Å². The Labute approximate surface area is 142 Å². The molecule has 130 valence electrons. The molecule has 1 N–H and O–H groups in total. The highest BCUT2D eigenvalue weighted by atomic mass is 16.5. The molecule has 2 fully saturated rings. The number of aryl methyl sites for hydroxylation is 1. The van der Waals surface area contributed by atoms with Gasteiger partial charge in [-0.3, -0.25) is 4.90 Å². The van der Waals surface area contributed by atoms with Crippen LogP contribution in [0.5, 0.6) is 5.88 Å². The number of nitrogens with one attached hydrogen (secondary N) is 1. The van der Waals surface area contributed by atoms with E-state index in [0.29, 0.717) is 12.1 Å². The third-order valence-electron chi connectivity index (χ3n) is 5.34. The van der Waals surface area contributed by atoms with Gasteiger partial charge in [-0.15, -0.1) is 0 Å². The van der Waals surface area contributed by atoms with E-state index in [-0.39, 0.29) is 6.10 Å². The first-order chi connectivity index (χ1) is 11.7. The molecule has 3 heterocycles. The zero-order valence-electron chi connectivity index (χ0n) is 14.5. The minimum absolute atomic E-state index is 0.257. The predicted molar refractivity (Wildman–Crippen MR) is 92.3 cm³/mol. The van der Waals surface area contributed by atoms with Gasteiger partial charge in [0.2, 0.25) is 5.88 Å². The van der Waals surface area contributed by atoms with Gasteiger partial charge < -0.3 is 14.5 Å². The summed E-state index contributed by atoms with van der Waals surface area (Å²) < 4.78 is 11.9. The Morgan fingerprint density at radius 2 is 2.08 bits per heavy atom. The number of ether oxygens (including phenoxy) is 2. The molecule has 24 heavy (non-hydrogen) atoms. The Kier molecular flexibility index (Phi) is 4.41. The molecule has 2 aromatic rings. The van der Waals surface area contributed by atoms with Crippen molar-refractivity contribution in [3.63, 3.8) is 0 Å². The number of hydrogen-bond acceptors (Lipinski definition) is 5. The lowest BCUT2D eigenvalue weighted by atomic mass is 9.91. The Morgan fingerprint density at radius 1 is 1.25 bits per heavy atom. The Bertz CT molecular complexity index is 693. The van der Waals surface area contributed by atoms with Crippen molar-refractivity contribution in [1.29, 1.82) is 0 Å². The van der Waals surface area contributed by atoms with E-state index in [4.69, 9.17) is 9.47 Å². The summed E-state index contributed by atoms with van der Waals surface area (Å²) in [6, 6.07) is 0.676. The van der Waals surface area contributed by atoms with Crippen molar-refractivity contribution in [2.24, 2.45) is 0 Å². The first-order valence-electron chi connectivity index (χ1n) is 9.01. The van der Waals surface area contributed by atoms with Crippen molar-refractivity contribution >= 4 is 11.0 Å². The summed E-state index contributed by atoms with van der Waals surface area (Å²) in [6.45, 7) is 7.22. The molecular weight excluding hydrogens is 304 g/mol. The lowest BCUT2D eigenvalue weighted by Crippen LogP contribution is -2.48. The first-order valence-corrected chi connectivity index (χ1v) is 9.01. The molecule has 0 radical (unpaired) electrons. The zero-order chi connectivity index (χ0) is 16.5.